The predicted molar refractivity (Wildman–Crippen MR) is 183 cm³/mol. The van der Waals surface area contributed by atoms with E-state index in [1.807, 2.05) is 36.4 Å². The quantitative estimate of drug-likeness (QED) is 0.129. The third kappa shape index (κ3) is 3.99. The average molecular weight is 550 g/mol. The Bertz CT molecular complexity index is 2370. The summed E-state index contributed by atoms with van der Waals surface area (Å²) in [7, 11) is 0. The van der Waals surface area contributed by atoms with Crippen molar-refractivity contribution in [3.63, 3.8) is 0 Å². The van der Waals surface area contributed by atoms with Gasteiger partial charge >= 0.3 is 0 Å². The zero-order chi connectivity index (χ0) is 28.9. The summed E-state index contributed by atoms with van der Waals surface area (Å²) in [5.74, 6) is 0. The van der Waals surface area contributed by atoms with Gasteiger partial charge in [0.2, 0.25) is 0 Å². The van der Waals surface area contributed by atoms with Crippen LogP contribution in [0.1, 0.15) is 11.1 Å². The first-order valence-corrected chi connectivity index (χ1v) is 14.5. The summed E-state index contributed by atoms with van der Waals surface area (Å²) < 4.78 is 6.28. The second-order valence-electron chi connectivity index (χ2n) is 10.9. The van der Waals surface area contributed by atoms with Gasteiger partial charge in [0.05, 0.1) is 5.71 Å². The molecule has 202 valence electrons. The van der Waals surface area contributed by atoms with E-state index in [0.717, 1.165) is 65.6 Å². The van der Waals surface area contributed by atoms with Crippen LogP contribution in [0.2, 0.25) is 0 Å². The summed E-state index contributed by atoms with van der Waals surface area (Å²) in [4.78, 5) is 0. The lowest BCUT2D eigenvalue weighted by Crippen LogP contribution is -2.00. The number of rotatable bonds is 5. The molecule has 0 aliphatic carbocycles. The predicted octanol–water partition coefficient (Wildman–Crippen LogP) is 11.4. The molecule has 1 heterocycles. The normalized spacial score (nSPS) is 11.8. The fourth-order valence-corrected chi connectivity index (χ4v) is 6.55. The molecule has 0 bridgehead atoms. The van der Waals surface area contributed by atoms with Gasteiger partial charge in [-0.25, -0.2) is 0 Å². The SMILES string of the molecule is C=C(/C=C\C(=N)c1c2ccccc2c(-c2ccccc2)c2ccccc12)c1cccc2oc3ccc4ccccc4c3c12. The molecule has 8 aromatic rings. The van der Waals surface area contributed by atoms with Crippen LogP contribution in [0.4, 0.5) is 0 Å². The fraction of sp³-hybridized carbons (Fsp3) is 0. The Balaban J connectivity index is 1.27. The van der Waals surface area contributed by atoms with Gasteiger partial charge < -0.3 is 9.83 Å². The van der Waals surface area contributed by atoms with Crippen molar-refractivity contribution in [2.75, 3.05) is 0 Å². The Morgan fingerprint density at radius 1 is 0.535 bits per heavy atom. The maximum absolute atomic E-state index is 9.35. The maximum Gasteiger partial charge on any atom is 0.136 e. The van der Waals surface area contributed by atoms with E-state index in [1.165, 1.54) is 16.5 Å². The topological polar surface area (TPSA) is 37.0 Å². The summed E-state index contributed by atoms with van der Waals surface area (Å²) >= 11 is 0. The van der Waals surface area contributed by atoms with Gasteiger partial charge in [-0.05, 0) is 72.8 Å². The van der Waals surface area contributed by atoms with Crippen molar-refractivity contribution in [3.05, 3.63) is 163 Å². The first-order valence-electron chi connectivity index (χ1n) is 14.5. The van der Waals surface area contributed by atoms with Crippen molar-refractivity contribution >= 4 is 65.5 Å². The van der Waals surface area contributed by atoms with Crippen molar-refractivity contribution in [2.45, 2.75) is 0 Å². The van der Waals surface area contributed by atoms with Crippen LogP contribution in [-0.2, 0) is 0 Å². The molecule has 1 N–H and O–H groups in total. The summed E-state index contributed by atoms with van der Waals surface area (Å²) in [5, 5.41) is 18.2. The van der Waals surface area contributed by atoms with Gasteiger partial charge in [-0.1, -0.05) is 134 Å². The third-order valence-corrected chi connectivity index (χ3v) is 8.45. The number of furan rings is 1. The molecule has 0 radical (unpaired) electrons. The standard InChI is InChI=1S/C41H27NO/c1-26(29-20-11-21-36-40(29)41-30-15-6-5-12-27(30)23-25-37(41)43-36)22-24-35(42)39-33-18-9-7-16-31(33)38(28-13-3-2-4-14-28)32-17-8-10-19-34(32)39/h2-25,42H,1H2/b24-22-,42-35?. The van der Waals surface area contributed by atoms with E-state index in [0.29, 0.717) is 5.71 Å². The molecular weight excluding hydrogens is 522 g/mol. The minimum atomic E-state index is 0.447. The van der Waals surface area contributed by atoms with Crippen molar-refractivity contribution in [1.29, 1.82) is 5.41 Å². The monoisotopic (exact) mass is 549 g/mol. The molecular formula is C41H27NO. The second-order valence-corrected chi connectivity index (χ2v) is 10.9. The maximum atomic E-state index is 9.35. The van der Waals surface area contributed by atoms with Crippen molar-refractivity contribution in [3.8, 4) is 11.1 Å². The van der Waals surface area contributed by atoms with Crippen LogP contribution < -0.4 is 0 Å². The average Bonchev–Trinajstić information content (AvgIpc) is 3.46. The number of nitrogens with one attached hydrogen (secondary N) is 1. The van der Waals surface area contributed by atoms with Gasteiger partial charge in [-0.2, -0.15) is 0 Å². The Morgan fingerprint density at radius 3 is 1.86 bits per heavy atom. The largest absolute Gasteiger partial charge is 0.456 e. The lowest BCUT2D eigenvalue weighted by atomic mass is 9.86. The molecule has 43 heavy (non-hydrogen) atoms. The molecule has 2 heteroatoms. The number of hydrogen-bond donors (Lipinski definition) is 1. The van der Waals surface area contributed by atoms with Crippen LogP contribution in [0.5, 0.6) is 0 Å². The molecule has 8 rings (SSSR count). The molecule has 0 saturated carbocycles. The van der Waals surface area contributed by atoms with Crippen molar-refractivity contribution in [1.82, 2.24) is 0 Å². The Morgan fingerprint density at radius 2 is 1.14 bits per heavy atom. The minimum absolute atomic E-state index is 0.447. The Hall–Kier alpha value is -5.73. The minimum Gasteiger partial charge on any atom is -0.456 e. The van der Waals surface area contributed by atoms with E-state index in [4.69, 9.17) is 4.42 Å². The van der Waals surface area contributed by atoms with Crippen molar-refractivity contribution < 1.29 is 4.42 Å². The van der Waals surface area contributed by atoms with E-state index in [1.54, 1.807) is 0 Å². The van der Waals surface area contributed by atoms with Gasteiger partial charge in [0.15, 0.2) is 0 Å². The van der Waals surface area contributed by atoms with Crippen LogP contribution in [0, 0.1) is 5.41 Å². The molecule has 0 fully saturated rings. The highest BCUT2D eigenvalue weighted by Gasteiger charge is 2.18. The van der Waals surface area contributed by atoms with Crippen molar-refractivity contribution in [2.24, 2.45) is 0 Å². The first-order chi connectivity index (χ1) is 21.2. The first kappa shape index (κ1) is 25.0. The fourth-order valence-electron chi connectivity index (χ4n) is 6.55. The highest BCUT2D eigenvalue weighted by molar-refractivity contribution is 6.28. The van der Waals surface area contributed by atoms with E-state index >= 15 is 0 Å². The van der Waals surface area contributed by atoms with E-state index in [-0.39, 0.29) is 0 Å². The molecule has 0 amide bonds. The van der Waals surface area contributed by atoms with Gasteiger partial charge in [-0.15, -0.1) is 0 Å². The summed E-state index contributed by atoms with van der Waals surface area (Å²) in [6, 6.07) is 46.0. The van der Waals surface area contributed by atoms with Gasteiger partial charge in [0, 0.05) is 16.3 Å². The third-order valence-electron chi connectivity index (χ3n) is 8.45. The van der Waals surface area contributed by atoms with Crippen LogP contribution in [-0.4, -0.2) is 5.71 Å². The van der Waals surface area contributed by atoms with E-state index < -0.39 is 0 Å². The summed E-state index contributed by atoms with van der Waals surface area (Å²) in [5.41, 5.74) is 7.28. The number of hydrogen-bond acceptors (Lipinski definition) is 2. The number of allylic oxidation sites excluding steroid dienone is 3. The molecule has 0 aliphatic heterocycles. The molecule has 0 atom stereocenters. The van der Waals surface area contributed by atoms with E-state index in [2.05, 4.69) is 116 Å². The molecule has 0 unspecified atom stereocenters. The Labute approximate surface area is 249 Å². The van der Waals surface area contributed by atoms with E-state index in [9.17, 15) is 5.41 Å². The summed E-state index contributed by atoms with van der Waals surface area (Å²) in [6.45, 7) is 4.46. The smallest absolute Gasteiger partial charge is 0.136 e. The van der Waals surface area contributed by atoms with Crippen LogP contribution in [0.15, 0.2) is 157 Å². The number of fused-ring (bicyclic) bond motifs is 7. The van der Waals surface area contributed by atoms with Crippen LogP contribution >= 0.6 is 0 Å². The molecule has 7 aromatic carbocycles. The van der Waals surface area contributed by atoms with Crippen LogP contribution in [0.3, 0.4) is 0 Å². The highest BCUT2D eigenvalue weighted by atomic mass is 16.3. The van der Waals surface area contributed by atoms with Gasteiger partial charge in [-0.3, -0.25) is 0 Å². The van der Waals surface area contributed by atoms with Gasteiger partial charge in [0.1, 0.15) is 11.2 Å². The number of benzene rings is 7. The summed E-state index contributed by atoms with van der Waals surface area (Å²) in [6.07, 6.45) is 3.85. The molecule has 0 aliphatic rings. The lowest BCUT2D eigenvalue weighted by molar-refractivity contribution is 0.669. The van der Waals surface area contributed by atoms with Crippen LogP contribution in [0.25, 0.3) is 71.0 Å². The highest BCUT2D eigenvalue weighted by Crippen LogP contribution is 2.41. The molecule has 2 nitrogen and oxygen atoms in total. The molecule has 0 saturated heterocycles. The Kier molecular flexibility index (Phi) is 5.80. The lowest BCUT2D eigenvalue weighted by Gasteiger charge is -2.17. The zero-order valence-electron chi connectivity index (χ0n) is 23.5. The van der Waals surface area contributed by atoms with Gasteiger partial charge in [0.25, 0.3) is 0 Å². The second kappa shape index (κ2) is 9.97. The zero-order valence-corrected chi connectivity index (χ0v) is 23.5. The molecule has 1 aromatic heterocycles. The molecule has 0 spiro atoms.